The Hall–Kier alpha value is -4.66. The minimum Gasteiger partial charge on any atom is -0.480 e. The van der Waals surface area contributed by atoms with Gasteiger partial charge in [-0.25, -0.2) is 18.1 Å². The van der Waals surface area contributed by atoms with Crippen LogP contribution in [-0.4, -0.2) is 59.9 Å². The van der Waals surface area contributed by atoms with Crippen molar-refractivity contribution in [3.8, 4) is 29.4 Å². The summed E-state index contributed by atoms with van der Waals surface area (Å²) in [5.74, 6) is 3.13. The lowest BCUT2D eigenvalue weighted by Gasteiger charge is -2.38. The maximum Gasteiger partial charge on any atom is 0.321 e. The highest BCUT2D eigenvalue weighted by molar-refractivity contribution is 9.10. The lowest BCUT2D eigenvalue weighted by molar-refractivity contribution is 0.265. The molecule has 3 atom stereocenters. The molecule has 15 heteroatoms. The number of aromatic nitrogens is 8. The summed E-state index contributed by atoms with van der Waals surface area (Å²) in [6, 6.07) is 14.9. The zero-order chi connectivity index (χ0) is 35.4. The molecule has 1 aliphatic carbocycles. The molecule has 0 N–H and O–H groups in total. The van der Waals surface area contributed by atoms with E-state index in [4.69, 9.17) is 24.3 Å². The molecule has 0 spiro atoms. The van der Waals surface area contributed by atoms with Crippen LogP contribution in [0, 0.1) is 29.4 Å². The smallest absolute Gasteiger partial charge is 0.321 e. The second-order valence-corrected chi connectivity index (χ2v) is 13.7. The number of nitrogens with zero attached hydrogens (tertiary/aromatic N) is 9. The summed E-state index contributed by atoms with van der Waals surface area (Å²) in [5, 5.41) is 17.0. The van der Waals surface area contributed by atoms with Crippen LogP contribution >= 0.6 is 15.9 Å². The third-order valence-corrected chi connectivity index (χ3v) is 9.18. The Bertz CT molecular complexity index is 1890. The topological polar surface area (TPSA) is 118 Å². The predicted octanol–water partition coefficient (Wildman–Crippen LogP) is 7.85. The first-order chi connectivity index (χ1) is 24.1. The molecule has 1 unspecified atom stereocenters. The van der Waals surface area contributed by atoms with E-state index in [9.17, 15) is 8.78 Å². The van der Waals surface area contributed by atoms with E-state index in [0.29, 0.717) is 51.9 Å². The Morgan fingerprint density at radius 3 is 1.96 bits per heavy atom. The Balaban J connectivity index is 0.000000214. The first-order valence-corrected chi connectivity index (χ1v) is 17.4. The first-order valence-electron chi connectivity index (χ1n) is 16.6. The van der Waals surface area contributed by atoms with Gasteiger partial charge >= 0.3 is 12.0 Å². The van der Waals surface area contributed by atoms with Gasteiger partial charge in [0.1, 0.15) is 23.1 Å². The van der Waals surface area contributed by atoms with Crippen molar-refractivity contribution in [1.82, 2.24) is 39.7 Å². The second-order valence-electron chi connectivity index (χ2n) is 13.0. The molecule has 50 heavy (non-hydrogen) atoms. The van der Waals surface area contributed by atoms with E-state index in [1.807, 2.05) is 40.0 Å². The van der Waals surface area contributed by atoms with Gasteiger partial charge in [0.25, 0.3) is 0 Å². The third kappa shape index (κ3) is 8.37. The number of halogens is 3. The molecular formula is C35H40BrF2N9O3. The molecule has 1 saturated heterocycles. The van der Waals surface area contributed by atoms with Gasteiger partial charge in [-0.15, -0.1) is 10.2 Å². The molecule has 1 saturated carbocycles. The van der Waals surface area contributed by atoms with Crippen LogP contribution in [-0.2, 0) is 6.42 Å². The molecule has 12 nitrogen and oxygen atoms in total. The van der Waals surface area contributed by atoms with Crippen LogP contribution in [0.1, 0.15) is 58.4 Å². The van der Waals surface area contributed by atoms with E-state index in [1.54, 1.807) is 40.7 Å². The van der Waals surface area contributed by atoms with Gasteiger partial charge in [0.2, 0.25) is 10.6 Å². The molecule has 0 amide bonds. The summed E-state index contributed by atoms with van der Waals surface area (Å²) in [7, 11) is 1.61. The van der Waals surface area contributed by atoms with Crippen molar-refractivity contribution in [3.63, 3.8) is 0 Å². The zero-order valence-corrected chi connectivity index (χ0v) is 30.2. The number of fused-ring (bicyclic) bond motifs is 2. The van der Waals surface area contributed by atoms with E-state index in [2.05, 4.69) is 41.1 Å². The molecule has 5 aromatic rings. The van der Waals surface area contributed by atoms with E-state index in [0.717, 1.165) is 31.0 Å². The van der Waals surface area contributed by atoms with Crippen LogP contribution < -0.4 is 19.1 Å². The first kappa shape index (κ1) is 35.2. The molecule has 2 aliphatic rings. The molecular weight excluding hydrogens is 712 g/mol. The number of hydrogen-bond acceptors (Lipinski definition) is 10. The molecule has 264 valence electrons. The van der Waals surface area contributed by atoms with E-state index in [1.165, 1.54) is 37.1 Å². The largest absolute Gasteiger partial charge is 0.480 e. The highest BCUT2D eigenvalue weighted by Crippen LogP contribution is 2.44. The molecule has 7 rings (SSSR count). The number of ether oxygens (including phenoxy) is 3. The van der Waals surface area contributed by atoms with Crippen LogP contribution in [0.15, 0.2) is 65.5 Å². The Morgan fingerprint density at radius 1 is 0.820 bits per heavy atom. The van der Waals surface area contributed by atoms with E-state index in [-0.39, 0.29) is 23.7 Å². The summed E-state index contributed by atoms with van der Waals surface area (Å²) < 4.78 is 47.1. The fraction of sp³-hybridized carbons (Fsp3) is 0.429. The monoisotopic (exact) mass is 751 g/mol. The van der Waals surface area contributed by atoms with Crippen LogP contribution in [0.5, 0.6) is 29.4 Å². The van der Waals surface area contributed by atoms with Crippen molar-refractivity contribution >= 4 is 21.6 Å². The van der Waals surface area contributed by atoms with Crippen molar-refractivity contribution in [1.29, 1.82) is 0 Å². The SMILES string of the molecule is CC(C)n1nc(Br)nc1Oc1cccc(F)c1.COc1cc(N2C[C@H]3CC[C@@H](C2)C3Cc2nc(Oc3cccc(F)c3)n(C(C)C)n2)cnn1. The Labute approximate surface area is 297 Å². The molecule has 0 radical (unpaired) electrons. The summed E-state index contributed by atoms with van der Waals surface area (Å²) in [6.07, 6.45) is 5.04. The lowest BCUT2D eigenvalue weighted by Crippen LogP contribution is -2.42. The molecule has 3 aromatic heterocycles. The maximum atomic E-state index is 13.6. The van der Waals surface area contributed by atoms with Crippen LogP contribution in [0.4, 0.5) is 14.5 Å². The standard InChI is InChI=1S/C24H29FN6O2.C11H11BrFN3O/c1-15(2)31-24(33-20-6-4-5-18(25)9-20)27-22(29-31)11-21-16-7-8-17(21)14-30(13-16)19-10-23(32-3)28-26-12-19;1-7(2)16-11(14-10(12)15-16)17-9-5-3-4-8(13)6-9/h4-6,9-10,12,15-17,21H,7-8,11,13-14H2,1-3H3;3-7H,1-2H3/t16-,17+,21?;. The van der Waals surface area contributed by atoms with E-state index < -0.39 is 0 Å². The average molecular weight is 753 g/mol. The minimum atomic E-state index is -0.350. The second kappa shape index (κ2) is 15.5. The highest BCUT2D eigenvalue weighted by atomic mass is 79.9. The predicted molar refractivity (Wildman–Crippen MR) is 186 cm³/mol. The number of methoxy groups -OCH3 is 1. The number of rotatable bonds is 10. The van der Waals surface area contributed by atoms with Gasteiger partial charge in [0.05, 0.1) is 31.1 Å². The summed E-state index contributed by atoms with van der Waals surface area (Å²) in [6.45, 7) is 9.95. The van der Waals surface area contributed by atoms with Gasteiger partial charge in [-0.2, -0.15) is 20.2 Å². The minimum absolute atomic E-state index is 0.0857. The molecule has 1 aliphatic heterocycles. The fourth-order valence-electron chi connectivity index (χ4n) is 6.51. The van der Waals surface area contributed by atoms with Gasteiger partial charge in [0, 0.05) is 37.7 Å². The number of anilines is 1. The zero-order valence-electron chi connectivity index (χ0n) is 28.6. The Kier molecular flexibility index (Phi) is 10.9. The Morgan fingerprint density at radius 2 is 1.40 bits per heavy atom. The molecule has 4 heterocycles. The summed E-state index contributed by atoms with van der Waals surface area (Å²) in [5.41, 5.74) is 1.06. The third-order valence-electron chi connectivity index (χ3n) is 8.85. The highest BCUT2D eigenvalue weighted by Gasteiger charge is 2.42. The number of hydrogen-bond donors (Lipinski definition) is 0. The molecule has 2 bridgehead atoms. The van der Waals surface area contributed by atoms with Gasteiger partial charge < -0.3 is 19.1 Å². The summed E-state index contributed by atoms with van der Waals surface area (Å²) in [4.78, 5) is 11.2. The van der Waals surface area contributed by atoms with Crippen LogP contribution in [0.25, 0.3) is 0 Å². The van der Waals surface area contributed by atoms with Crippen molar-refractivity contribution in [2.75, 3.05) is 25.1 Å². The normalized spacial score (nSPS) is 18.3. The van der Waals surface area contributed by atoms with Gasteiger partial charge in [0.15, 0.2) is 5.82 Å². The van der Waals surface area contributed by atoms with Crippen molar-refractivity contribution < 1.29 is 23.0 Å². The number of benzene rings is 2. The molecule has 2 aromatic carbocycles. The number of piperidine rings is 1. The van der Waals surface area contributed by atoms with Crippen molar-refractivity contribution in [2.45, 2.75) is 59.0 Å². The fourth-order valence-corrected chi connectivity index (χ4v) is 6.83. The van der Waals surface area contributed by atoms with Gasteiger partial charge in [-0.1, -0.05) is 12.1 Å². The van der Waals surface area contributed by atoms with E-state index >= 15 is 0 Å². The quantitative estimate of drug-likeness (QED) is 0.140. The average Bonchev–Trinajstić information content (AvgIpc) is 3.72. The van der Waals surface area contributed by atoms with Crippen LogP contribution in [0.2, 0.25) is 0 Å². The maximum absolute atomic E-state index is 13.6. The van der Waals surface area contributed by atoms with Gasteiger partial charge in [-0.3, -0.25) is 0 Å². The van der Waals surface area contributed by atoms with Gasteiger partial charge in [-0.05, 0) is 98.5 Å². The van der Waals surface area contributed by atoms with Crippen LogP contribution in [0.3, 0.4) is 0 Å². The van der Waals surface area contributed by atoms with Crippen molar-refractivity contribution in [2.24, 2.45) is 17.8 Å². The lowest BCUT2D eigenvalue weighted by atomic mass is 9.82. The van der Waals surface area contributed by atoms with Crippen molar-refractivity contribution in [3.05, 3.63) is 83.0 Å². The molecule has 2 fully saturated rings. The summed E-state index contributed by atoms with van der Waals surface area (Å²) >= 11 is 3.18.